The van der Waals surface area contributed by atoms with Crippen LogP contribution in [0.25, 0.3) is 10.4 Å². The van der Waals surface area contributed by atoms with Crippen LogP contribution < -0.4 is 5.73 Å². The van der Waals surface area contributed by atoms with Crippen molar-refractivity contribution in [2.75, 3.05) is 0 Å². The van der Waals surface area contributed by atoms with E-state index in [0.29, 0.717) is 4.88 Å². The Morgan fingerprint density at radius 2 is 2.06 bits per heavy atom. The van der Waals surface area contributed by atoms with Gasteiger partial charge in [-0.3, -0.25) is 0 Å². The topological polar surface area (TPSA) is 76.2 Å². The first kappa shape index (κ1) is 11.8. The van der Waals surface area contributed by atoms with Gasteiger partial charge in [0, 0.05) is 6.04 Å². The van der Waals surface area contributed by atoms with Crippen LogP contribution in [0.4, 0.5) is 0 Å². The Morgan fingerprint density at radius 3 is 2.59 bits per heavy atom. The summed E-state index contributed by atoms with van der Waals surface area (Å²) in [5.74, 6) is -1.00. The van der Waals surface area contributed by atoms with E-state index >= 15 is 0 Å². The molecule has 17 heavy (non-hydrogen) atoms. The minimum Gasteiger partial charge on any atom is -0.476 e. The summed E-state index contributed by atoms with van der Waals surface area (Å²) < 4.78 is 0. The van der Waals surface area contributed by atoms with Crippen LogP contribution in [-0.4, -0.2) is 16.1 Å². The quantitative estimate of drug-likeness (QED) is 0.875. The lowest BCUT2D eigenvalue weighted by atomic mass is 10.1. The molecule has 0 fully saturated rings. The molecule has 2 aromatic rings. The number of rotatable bonds is 3. The maximum absolute atomic E-state index is 11.0. The van der Waals surface area contributed by atoms with E-state index in [-0.39, 0.29) is 11.7 Å². The summed E-state index contributed by atoms with van der Waals surface area (Å²) in [7, 11) is 0. The molecule has 5 heteroatoms. The van der Waals surface area contributed by atoms with Crippen LogP contribution in [0.3, 0.4) is 0 Å². The van der Waals surface area contributed by atoms with E-state index in [1.54, 1.807) is 0 Å². The number of carboxylic acids is 1. The van der Waals surface area contributed by atoms with E-state index in [4.69, 9.17) is 10.8 Å². The maximum Gasteiger partial charge on any atom is 0.356 e. The third kappa shape index (κ3) is 2.35. The second kappa shape index (κ2) is 4.65. The molecule has 0 radical (unpaired) electrons. The molecule has 0 aliphatic carbocycles. The van der Waals surface area contributed by atoms with Crippen molar-refractivity contribution in [3.8, 4) is 10.4 Å². The van der Waals surface area contributed by atoms with Gasteiger partial charge in [0.2, 0.25) is 0 Å². The fourth-order valence-corrected chi connectivity index (χ4v) is 2.33. The second-order valence-electron chi connectivity index (χ2n) is 3.75. The minimum absolute atomic E-state index is 0.0237. The minimum atomic E-state index is -1.00. The number of hydrogen-bond donors (Lipinski definition) is 2. The first-order chi connectivity index (χ1) is 8.09. The van der Waals surface area contributed by atoms with Crippen molar-refractivity contribution < 1.29 is 9.90 Å². The molecule has 0 bridgehead atoms. The van der Waals surface area contributed by atoms with Crippen LogP contribution in [0.15, 0.2) is 29.8 Å². The predicted molar refractivity (Wildman–Crippen MR) is 67.1 cm³/mol. The molecular formula is C12H12N2O2S. The van der Waals surface area contributed by atoms with Crippen LogP contribution in [0.5, 0.6) is 0 Å². The Bertz CT molecular complexity index is 532. The van der Waals surface area contributed by atoms with Gasteiger partial charge in [-0.1, -0.05) is 24.3 Å². The second-order valence-corrected chi connectivity index (χ2v) is 4.60. The lowest BCUT2D eigenvalue weighted by Gasteiger charge is -2.06. The number of carbonyl (C=O) groups is 1. The highest BCUT2D eigenvalue weighted by Gasteiger charge is 2.14. The average Bonchev–Trinajstić information content (AvgIpc) is 2.78. The first-order valence-corrected chi connectivity index (χ1v) is 6.00. The van der Waals surface area contributed by atoms with Gasteiger partial charge in [0.25, 0.3) is 0 Å². The normalized spacial score (nSPS) is 12.4. The van der Waals surface area contributed by atoms with Crippen LogP contribution in [0.1, 0.15) is 29.0 Å². The molecule has 1 atom stereocenters. The molecule has 0 spiro atoms. The number of aromatic carboxylic acids is 1. The van der Waals surface area contributed by atoms with Gasteiger partial charge in [0.15, 0.2) is 5.69 Å². The predicted octanol–water partition coefficient (Wildman–Crippen LogP) is 2.53. The summed E-state index contributed by atoms with van der Waals surface area (Å²) in [6, 6.07) is 7.54. The molecule has 1 heterocycles. The molecule has 88 valence electrons. The molecule has 3 N–H and O–H groups in total. The van der Waals surface area contributed by atoms with Crippen molar-refractivity contribution in [2.45, 2.75) is 13.0 Å². The summed E-state index contributed by atoms with van der Waals surface area (Å²) in [6.45, 7) is 1.91. The summed E-state index contributed by atoms with van der Waals surface area (Å²) in [4.78, 5) is 15.5. The number of hydrogen-bond acceptors (Lipinski definition) is 4. The van der Waals surface area contributed by atoms with E-state index < -0.39 is 5.97 Å². The molecule has 1 aromatic heterocycles. The molecule has 0 unspecified atom stereocenters. The monoisotopic (exact) mass is 248 g/mol. The number of nitrogens with two attached hydrogens (primary N) is 1. The van der Waals surface area contributed by atoms with Gasteiger partial charge in [-0.15, -0.1) is 11.3 Å². The van der Waals surface area contributed by atoms with E-state index in [2.05, 4.69) is 4.98 Å². The number of thiazole rings is 1. The van der Waals surface area contributed by atoms with Gasteiger partial charge in [-0.05, 0) is 18.1 Å². The largest absolute Gasteiger partial charge is 0.476 e. The van der Waals surface area contributed by atoms with Crippen LogP contribution in [-0.2, 0) is 0 Å². The lowest BCUT2D eigenvalue weighted by molar-refractivity contribution is 0.0692. The van der Waals surface area contributed by atoms with Gasteiger partial charge < -0.3 is 10.8 Å². The molecule has 0 aliphatic heterocycles. The maximum atomic E-state index is 11.0. The summed E-state index contributed by atoms with van der Waals surface area (Å²) >= 11 is 1.32. The fraction of sp³-hybridized carbons (Fsp3) is 0.167. The lowest BCUT2D eigenvalue weighted by Crippen LogP contribution is -2.04. The van der Waals surface area contributed by atoms with Gasteiger partial charge in [0.1, 0.15) is 0 Å². The molecular weight excluding hydrogens is 236 g/mol. The number of nitrogens with zero attached hydrogens (tertiary/aromatic N) is 1. The zero-order valence-electron chi connectivity index (χ0n) is 9.25. The highest BCUT2D eigenvalue weighted by Crippen LogP contribution is 2.28. The van der Waals surface area contributed by atoms with Crippen molar-refractivity contribution in [1.82, 2.24) is 4.98 Å². The Hall–Kier alpha value is -1.72. The third-order valence-corrected chi connectivity index (χ3v) is 3.34. The number of carboxylic acid groups (broad SMARTS) is 1. The molecule has 0 amide bonds. The molecule has 0 aliphatic rings. The SMILES string of the molecule is C[C@H](N)c1ccc(-c2scnc2C(=O)O)cc1. The highest BCUT2D eigenvalue weighted by molar-refractivity contribution is 7.13. The van der Waals surface area contributed by atoms with Crippen LogP contribution >= 0.6 is 11.3 Å². The highest BCUT2D eigenvalue weighted by atomic mass is 32.1. The van der Waals surface area contributed by atoms with Crippen LogP contribution in [0.2, 0.25) is 0 Å². The summed E-state index contributed by atoms with van der Waals surface area (Å²) in [5.41, 5.74) is 9.28. The molecule has 0 saturated carbocycles. The molecule has 0 saturated heterocycles. The Morgan fingerprint density at radius 1 is 1.41 bits per heavy atom. The van der Waals surface area contributed by atoms with Crippen molar-refractivity contribution in [3.05, 3.63) is 41.0 Å². The van der Waals surface area contributed by atoms with Crippen molar-refractivity contribution >= 4 is 17.3 Å². The van der Waals surface area contributed by atoms with Crippen molar-refractivity contribution in [3.63, 3.8) is 0 Å². The number of benzene rings is 1. The molecule has 4 nitrogen and oxygen atoms in total. The Labute approximate surface area is 103 Å². The summed E-state index contributed by atoms with van der Waals surface area (Å²) in [6.07, 6.45) is 0. The smallest absolute Gasteiger partial charge is 0.356 e. The van der Waals surface area contributed by atoms with Crippen molar-refractivity contribution in [1.29, 1.82) is 0 Å². The number of aromatic nitrogens is 1. The van der Waals surface area contributed by atoms with Crippen LogP contribution in [0, 0.1) is 0 Å². The fourth-order valence-electron chi connectivity index (χ4n) is 1.54. The van der Waals surface area contributed by atoms with E-state index in [1.807, 2.05) is 31.2 Å². The first-order valence-electron chi connectivity index (χ1n) is 5.12. The Balaban J connectivity index is 2.40. The van der Waals surface area contributed by atoms with Gasteiger partial charge >= 0.3 is 5.97 Å². The summed E-state index contributed by atoms with van der Waals surface area (Å²) in [5, 5.41) is 8.98. The third-order valence-electron chi connectivity index (χ3n) is 2.47. The zero-order valence-corrected chi connectivity index (χ0v) is 10.1. The molecule has 2 rings (SSSR count). The van der Waals surface area contributed by atoms with E-state index in [1.165, 1.54) is 16.8 Å². The van der Waals surface area contributed by atoms with Gasteiger partial charge in [0.05, 0.1) is 10.4 Å². The van der Waals surface area contributed by atoms with Crippen molar-refractivity contribution in [2.24, 2.45) is 5.73 Å². The molecule has 1 aromatic carbocycles. The van der Waals surface area contributed by atoms with Gasteiger partial charge in [-0.25, -0.2) is 9.78 Å². The average molecular weight is 248 g/mol. The van der Waals surface area contributed by atoms with E-state index in [0.717, 1.165) is 11.1 Å². The Kier molecular flexibility index (Phi) is 3.21. The van der Waals surface area contributed by atoms with Gasteiger partial charge in [-0.2, -0.15) is 0 Å². The van der Waals surface area contributed by atoms with E-state index in [9.17, 15) is 4.79 Å². The standard InChI is InChI=1S/C12H12N2O2S/c1-7(13)8-2-4-9(5-3-8)11-10(12(15)16)14-6-17-11/h2-7H,13H2,1H3,(H,15,16)/t7-/m0/s1. The zero-order chi connectivity index (χ0) is 12.4.